The lowest BCUT2D eigenvalue weighted by atomic mass is 10.7. The van der Waals surface area contributed by atoms with Crippen LogP contribution in [0.4, 0.5) is 0 Å². The minimum atomic E-state index is -0.401. The summed E-state index contributed by atoms with van der Waals surface area (Å²) in [6, 6.07) is 0. The van der Waals surface area contributed by atoms with Gasteiger partial charge in [0.25, 0.3) is 0 Å². The monoisotopic (exact) mass is 121 g/mol. The van der Waals surface area contributed by atoms with E-state index in [2.05, 4.69) is 0 Å². The van der Waals surface area contributed by atoms with Gasteiger partial charge in [-0.25, -0.2) is 0 Å². The van der Waals surface area contributed by atoms with Gasteiger partial charge in [-0.2, -0.15) is 5.48 Å². The predicted octanol–water partition coefficient (Wildman–Crippen LogP) is -0.680. The van der Waals surface area contributed by atoms with Gasteiger partial charge in [-0.3, -0.25) is 0 Å². The molecule has 3 N–H and O–H groups in total. The zero-order valence-electron chi connectivity index (χ0n) is 4.79. The van der Waals surface area contributed by atoms with Crippen molar-refractivity contribution in [3.63, 3.8) is 0 Å². The summed E-state index contributed by atoms with van der Waals surface area (Å²) in [5, 5.41) is 16.3. The van der Waals surface area contributed by atoms with Gasteiger partial charge in [-0.1, -0.05) is 0 Å². The molecule has 0 amide bonds. The first-order chi connectivity index (χ1) is 3.81. The third-order valence-corrected chi connectivity index (χ3v) is 0.641. The van der Waals surface area contributed by atoms with Crippen LogP contribution >= 0.6 is 0 Å². The van der Waals surface area contributed by atoms with Crippen LogP contribution in [0.25, 0.3) is 0 Å². The van der Waals surface area contributed by atoms with Gasteiger partial charge in [0.15, 0.2) is 0 Å². The van der Waals surface area contributed by atoms with Gasteiger partial charge in [0.05, 0.1) is 13.2 Å². The Morgan fingerprint density at radius 1 is 1.75 bits per heavy atom. The number of rotatable bonds is 4. The number of ether oxygens (including phenoxy) is 1. The molecule has 1 atom stereocenters. The van der Waals surface area contributed by atoms with E-state index in [4.69, 9.17) is 15.1 Å². The van der Waals surface area contributed by atoms with Crippen LogP contribution in [0.5, 0.6) is 0 Å². The number of nitrogens with one attached hydrogen (secondary N) is 1. The Hall–Kier alpha value is -0.160. The van der Waals surface area contributed by atoms with E-state index >= 15 is 0 Å². The van der Waals surface area contributed by atoms with Gasteiger partial charge in [-0.15, -0.1) is 0 Å². The molecule has 0 spiro atoms. The smallest absolute Gasteiger partial charge is 0.127 e. The summed E-state index contributed by atoms with van der Waals surface area (Å²) in [6.07, 6.45) is -0.401. The highest BCUT2D eigenvalue weighted by atomic mass is 16.6. The Bertz CT molecular complexity index is 50.5. The summed E-state index contributed by atoms with van der Waals surface area (Å²) in [7, 11) is 0. The molecule has 0 aliphatic rings. The molecule has 0 bridgehead atoms. The second-order valence-corrected chi connectivity index (χ2v) is 1.37. The van der Waals surface area contributed by atoms with Crippen LogP contribution in [0.2, 0.25) is 0 Å². The molecule has 0 aromatic carbocycles. The Labute approximate surface area is 48.0 Å². The van der Waals surface area contributed by atoms with Crippen LogP contribution in [-0.2, 0) is 4.74 Å². The van der Waals surface area contributed by atoms with E-state index in [0.717, 1.165) is 0 Å². The van der Waals surface area contributed by atoms with Crippen molar-refractivity contribution in [2.75, 3.05) is 13.2 Å². The SMILES string of the molecule is CC(NO)OCCO. The van der Waals surface area contributed by atoms with Gasteiger partial charge < -0.3 is 15.1 Å². The minimum absolute atomic E-state index is 0.0218. The molecule has 1 unspecified atom stereocenters. The van der Waals surface area contributed by atoms with Gasteiger partial charge in [-0.05, 0) is 6.92 Å². The minimum Gasteiger partial charge on any atom is -0.394 e. The molecule has 0 saturated carbocycles. The van der Waals surface area contributed by atoms with Crippen molar-refractivity contribution < 1.29 is 15.1 Å². The highest BCUT2D eigenvalue weighted by molar-refractivity contribution is 4.33. The molecule has 0 radical (unpaired) electrons. The second kappa shape index (κ2) is 4.99. The summed E-state index contributed by atoms with van der Waals surface area (Å²) in [5.74, 6) is 0. The van der Waals surface area contributed by atoms with Crippen LogP contribution in [0.15, 0.2) is 0 Å². The summed E-state index contributed by atoms with van der Waals surface area (Å²) in [5.41, 5.74) is 1.87. The van der Waals surface area contributed by atoms with Crippen LogP contribution in [-0.4, -0.2) is 29.8 Å². The zero-order chi connectivity index (χ0) is 6.41. The summed E-state index contributed by atoms with van der Waals surface area (Å²) < 4.78 is 4.73. The fraction of sp³-hybridized carbons (Fsp3) is 1.00. The van der Waals surface area contributed by atoms with E-state index in [1.54, 1.807) is 6.92 Å². The van der Waals surface area contributed by atoms with Gasteiger partial charge in [0, 0.05) is 0 Å². The lowest BCUT2D eigenvalue weighted by Gasteiger charge is -2.07. The van der Waals surface area contributed by atoms with Gasteiger partial charge in [0.1, 0.15) is 6.23 Å². The first-order valence-electron chi connectivity index (χ1n) is 2.43. The zero-order valence-corrected chi connectivity index (χ0v) is 4.79. The van der Waals surface area contributed by atoms with E-state index in [1.165, 1.54) is 0 Å². The first kappa shape index (κ1) is 7.84. The Balaban J connectivity index is 2.86. The Morgan fingerprint density at radius 3 is 2.75 bits per heavy atom. The van der Waals surface area contributed by atoms with Crippen LogP contribution in [0.1, 0.15) is 6.92 Å². The Morgan fingerprint density at radius 2 is 2.38 bits per heavy atom. The van der Waals surface area contributed by atoms with Crippen molar-refractivity contribution >= 4 is 0 Å². The van der Waals surface area contributed by atoms with E-state index in [1.807, 2.05) is 5.48 Å². The number of hydrogen-bond donors (Lipinski definition) is 3. The van der Waals surface area contributed by atoms with Crippen LogP contribution in [0, 0.1) is 0 Å². The van der Waals surface area contributed by atoms with Crippen molar-refractivity contribution in [2.45, 2.75) is 13.2 Å². The fourth-order valence-electron chi connectivity index (χ4n) is 0.267. The lowest BCUT2D eigenvalue weighted by molar-refractivity contribution is -0.0505. The maximum atomic E-state index is 8.18. The number of hydrogen-bond acceptors (Lipinski definition) is 4. The van der Waals surface area contributed by atoms with E-state index in [-0.39, 0.29) is 13.2 Å². The molecular formula is C4H11NO3. The maximum absolute atomic E-state index is 8.18. The summed E-state index contributed by atoms with van der Waals surface area (Å²) in [6.45, 7) is 1.86. The standard InChI is InChI=1S/C4H11NO3/c1-4(5-7)8-3-2-6/h4-7H,2-3H2,1H3. The van der Waals surface area contributed by atoms with Gasteiger partial charge in [0.2, 0.25) is 0 Å². The van der Waals surface area contributed by atoms with Crippen molar-refractivity contribution in [3.8, 4) is 0 Å². The highest BCUT2D eigenvalue weighted by Crippen LogP contribution is 1.80. The highest BCUT2D eigenvalue weighted by Gasteiger charge is 1.94. The number of aliphatic hydroxyl groups excluding tert-OH is 1. The number of hydroxylamine groups is 1. The maximum Gasteiger partial charge on any atom is 0.127 e. The predicted molar refractivity (Wildman–Crippen MR) is 27.4 cm³/mol. The molecule has 0 aromatic heterocycles. The number of aliphatic hydroxyl groups is 1. The van der Waals surface area contributed by atoms with Crippen LogP contribution < -0.4 is 5.48 Å². The topological polar surface area (TPSA) is 61.7 Å². The third kappa shape index (κ3) is 4.01. The van der Waals surface area contributed by atoms with Crippen LogP contribution in [0.3, 0.4) is 0 Å². The lowest BCUT2D eigenvalue weighted by Crippen LogP contribution is -2.26. The largest absolute Gasteiger partial charge is 0.394 e. The average Bonchev–Trinajstić information content (AvgIpc) is 1.83. The molecule has 4 heteroatoms. The quantitative estimate of drug-likeness (QED) is 0.340. The molecule has 50 valence electrons. The van der Waals surface area contributed by atoms with Crippen molar-refractivity contribution in [1.29, 1.82) is 0 Å². The molecule has 0 aromatic rings. The normalized spacial score (nSPS) is 13.9. The van der Waals surface area contributed by atoms with Gasteiger partial charge >= 0.3 is 0 Å². The van der Waals surface area contributed by atoms with Crippen molar-refractivity contribution in [3.05, 3.63) is 0 Å². The summed E-state index contributed by atoms with van der Waals surface area (Å²) in [4.78, 5) is 0. The second-order valence-electron chi connectivity index (χ2n) is 1.37. The molecule has 0 saturated heterocycles. The molecule has 4 nitrogen and oxygen atoms in total. The molecule has 0 fully saturated rings. The fourth-order valence-corrected chi connectivity index (χ4v) is 0.267. The summed E-state index contributed by atoms with van der Waals surface area (Å²) >= 11 is 0. The Kier molecular flexibility index (Phi) is 4.89. The molecule has 0 aliphatic carbocycles. The van der Waals surface area contributed by atoms with E-state index < -0.39 is 6.23 Å². The van der Waals surface area contributed by atoms with E-state index in [0.29, 0.717) is 0 Å². The third-order valence-electron chi connectivity index (χ3n) is 0.641. The van der Waals surface area contributed by atoms with Crippen molar-refractivity contribution in [1.82, 2.24) is 5.48 Å². The van der Waals surface area contributed by atoms with E-state index in [9.17, 15) is 0 Å². The molecule has 0 aliphatic heterocycles. The molecule has 0 heterocycles. The molecule has 8 heavy (non-hydrogen) atoms. The van der Waals surface area contributed by atoms with Crippen molar-refractivity contribution in [2.24, 2.45) is 0 Å². The molecular weight excluding hydrogens is 110 g/mol. The average molecular weight is 121 g/mol. The molecule has 0 rings (SSSR count). The first-order valence-corrected chi connectivity index (χ1v) is 2.43.